The predicted molar refractivity (Wildman–Crippen MR) is 91.1 cm³/mol. The molecule has 1 heterocycles. The number of anilines is 1. The Morgan fingerprint density at radius 3 is 2.44 bits per heavy atom. The molecule has 0 atom stereocenters. The number of aliphatic hydroxyl groups is 1. The number of nitrogens with zero attached hydrogens (tertiary/aromatic N) is 2. The smallest absolute Gasteiger partial charge is 0.402 e. The molecule has 3 N–H and O–H groups in total. The van der Waals surface area contributed by atoms with Crippen LogP contribution in [0.2, 0.25) is 0 Å². The van der Waals surface area contributed by atoms with Crippen LogP contribution in [0, 0.1) is 0 Å². The molecular weight excluding hydrogens is 335 g/mol. The molecule has 0 aliphatic rings. The van der Waals surface area contributed by atoms with E-state index < -0.39 is 12.1 Å². The minimum Gasteiger partial charge on any atom is -0.402 e. The van der Waals surface area contributed by atoms with E-state index in [0.29, 0.717) is 35.4 Å². The Morgan fingerprint density at radius 2 is 1.96 bits per heavy atom. The molecule has 0 unspecified atom stereocenters. The molecule has 1 rings (SSSR count). The summed E-state index contributed by atoms with van der Waals surface area (Å²) < 4.78 is 41.3. The maximum absolute atomic E-state index is 12.5. The summed E-state index contributed by atoms with van der Waals surface area (Å²) >= 11 is 0. The molecule has 138 valence electrons. The van der Waals surface area contributed by atoms with Crippen LogP contribution in [-0.4, -0.2) is 28.0 Å². The van der Waals surface area contributed by atoms with Crippen LogP contribution >= 0.6 is 0 Å². The Kier molecular flexibility index (Phi) is 7.05. The molecule has 0 bridgehead atoms. The fourth-order valence-electron chi connectivity index (χ4n) is 2.02. The number of hydrogen-bond donors (Lipinski definition) is 2. The van der Waals surface area contributed by atoms with Crippen LogP contribution in [0.5, 0.6) is 5.75 Å². The van der Waals surface area contributed by atoms with E-state index in [4.69, 9.17) is 5.73 Å². The highest BCUT2D eigenvalue weighted by atomic mass is 19.4. The van der Waals surface area contributed by atoms with Gasteiger partial charge in [-0.1, -0.05) is 27.0 Å². The number of nitrogen functional groups attached to an aromatic ring is 1. The van der Waals surface area contributed by atoms with Crippen LogP contribution in [-0.2, 0) is 0 Å². The summed E-state index contributed by atoms with van der Waals surface area (Å²) in [5.41, 5.74) is 7.60. The second kappa shape index (κ2) is 8.57. The van der Waals surface area contributed by atoms with Gasteiger partial charge in [-0.05, 0) is 24.5 Å². The largest absolute Gasteiger partial charge is 0.573 e. The van der Waals surface area contributed by atoms with Crippen molar-refractivity contribution in [1.82, 2.24) is 9.88 Å². The average Bonchev–Trinajstić information content (AvgIpc) is 2.55. The zero-order chi connectivity index (χ0) is 19.2. The Hall–Kier alpha value is -2.48. The van der Waals surface area contributed by atoms with Crippen LogP contribution in [0.15, 0.2) is 43.0 Å². The second-order valence-corrected chi connectivity index (χ2v) is 5.18. The van der Waals surface area contributed by atoms with E-state index in [2.05, 4.69) is 22.9 Å². The number of halogens is 3. The summed E-state index contributed by atoms with van der Waals surface area (Å²) in [6.07, 6.45) is -0.742. The van der Waals surface area contributed by atoms with Crippen LogP contribution in [0.4, 0.5) is 19.0 Å². The van der Waals surface area contributed by atoms with Gasteiger partial charge in [0.2, 0.25) is 0 Å². The van der Waals surface area contributed by atoms with Gasteiger partial charge in [0.25, 0.3) is 0 Å². The van der Waals surface area contributed by atoms with Crippen molar-refractivity contribution < 1.29 is 23.0 Å². The third kappa shape index (κ3) is 5.82. The Labute approximate surface area is 144 Å². The van der Waals surface area contributed by atoms with E-state index in [1.54, 1.807) is 11.1 Å². The molecular formula is C17H22F3N3O2. The monoisotopic (exact) mass is 357 g/mol. The summed E-state index contributed by atoms with van der Waals surface area (Å²) in [4.78, 5) is 5.38. The number of allylic oxidation sites excluding steroid dienone is 2. The molecule has 0 saturated carbocycles. The molecule has 0 fully saturated rings. The minimum atomic E-state index is -4.86. The lowest BCUT2D eigenvalue weighted by Crippen LogP contribution is -2.19. The molecule has 0 saturated heterocycles. The van der Waals surface area contributed by atoms with Crippen molar-refractivity contribution >= 4 is 11.4 Å². The lowest BCUT2D eigenvalue weighted by atomic mass is 10.1. The van der Waals surface area contributed by atoms with Gasteiger partial charge in [-0.15, -0.1) is 13.2 Å². The van der Waals surface area contributed by atoms with Crippen LogP contribution in [0.25, 0.3) is 5.57 Å². The molecule has 8 heteroatoms. The van der Waals surface area contributed by atoms with E-state index in [9.17, 15) is 18.3 Å². The van der Waals surface area contributed by atoms with E-state index >= 15 is 0 Å². The summed E-state index contributed by atoms with van der Waals surface area (Å²) in [5.74, 6) is -0.919. The van der Waals surface area contributed by atoms with Gasteiger partial charge in [0.05, 0.1) is 6.61 Å². The zero-order valence-corrected chi connectivity index (χ0v) is 14.2. The molecule has 0 radical (unpaired) electrons. The van der Waals surface area contributed by atoms with Gasteiger partial charge in [0, 0.05) is 29.4 Å². The minimum absolute atomic E-state index is 0.283. The van der Waals surface area contributed by atoms with Crippen molar-refractivity contribution in [2.75, 3.05) is 12.3 Å². The van der Waals surface area contributed by atoms with Gasteiger partial charge in [-0.25, -0.2) is 4.98 Å². The van der Waals surface area contributed by atoms with Crippen molar-refractivity contribution in [1.29, 1.82) is 0 Å². The number of aliphatic hydroxyl groups excluding tert-OH is 1. The topological polar surface area (TPSA) is 71.6 Å². The Bertz CT molecular complexity index is 654. The summed E-state index contributed by atoms with van der Waals surface area (Å²) in [7, 11) is 0. The molecule has 1 aromatic rings. The average molecular weight is 357 g/mol. The van der Waals surface area contributed by atoms with Crippen molar-refractivity contribution in [2.45, 2.75) is 33.1 Å². The van der Waals surface area contributed by atoms with Crippen LogP contribution < -0.4 is 10.5 Å². The van der Waals surface area contributed by atoms with E-state index in [1.165, 1.54) is 12.3 Å². The van der Waals surface area contributed by atoms with Gasteiger partial charge in [0.1, 0.15) is 0 Å². The van der Waals surface area contributed by atoms with Gasteiger partial charge in [-0.3, -0.25) is 0 Å². The number of hydrogen-bond acceptors (Lipinski definition) is 5. The Balaban J connectivity index is 3.31. The molecule has 0 aliphatic heterocycles. The number of nitrogens with two attached hydrogens (primary N) is 1. The normalized spacial score (nSPS) is 12.0. The third-order valence-corrected chi connectivity index (χ3v) is 3.42. The molecule has 0 spiro atoms. The SMILES string of the molecule is C=C(CC)N(/C=C(\CC)c1cnc(N)c(OC(F)(F)F)c1)C(=C)CO. The number of alkyl halides is 3. The molecule has 5 nitrogen and oxygen atoms in total. The molecule has 0 aromatic carbocycles. The van der Waals surface area contributed by atoms with Gasteiger partial charge in [-0.2, -0.15) is 0 Å². The molecule has 0 aliphatic carbocycles. The fourth-order valence-corrected chi connectivity index (χ4v) is 2.02. The Morgan fingerprint density at radius 1 is 1.32 bits per heavy atom. The van der Waals surface area contributed by atoms with Crippen molar-refractivity contribution in [3.05, 3.63) is 48.6 Å². The quantitative estimate of drug-likeness (QED) is 0.735. The number of pyridine rings is 1. The first-order valence-electron chi connectivity index (χ1n) is 7.60. The van der Waals surface area contributed by atoms with Crippen LogP contribution in [0.3, 0.4) is 0 Å². The number of aromatic nitrogens is 1. The van der Waals surface area contributed by atoms with Crippen molar-refractivity contribution in [3.63, 3.8) is 0 Å². The third-order valence-electron chi connectivity index (χ3n) is 3.42. The second-order valence-electron chi connectivity index (χ2n) is 5.18. The van der Waals surface area contributed by atoms with E-state index in [0.717, 1.165) is 0 Å². The summed E-state index contributed by atoms with van der Waals surface area (Å²) in [5, 5.41) is 9.33. The standard InChI is InChI=1S/C17H22F3N3O2/c1-5-11(3)23(12(4)10-24)9-13(6-2)14-7-15(16(21)22-8-14)25-17(18,19)20/h7-9,24H,3-6,10H2,1-2H3,(H2,21,22)/b13-9+. The summed E-state index contributed by atoms with van der Waals surface area (Å²) in [6, 6.07) is 1.18. The summed E-state index contributed by atoms with van der Waals surface area (Å²) in [6.45, 7) is 11.1. The number of rotatable bonds is 8. The lowest BCUT2D eigenvalue weighted by Gasteiger charge is -2.25. The molecule has 1 aromatic heterocycles. The fraction of sp³-hybridized carbons (Fsp3) is 0.353. The van der Waals surface area contributed by atoms with Crippen LogP contribution in [0.1, 0.15) is 32.3 Å². The highest BCUT2D eigenvalue weighted by Gasteiger charge is 2.32. The predicted octanol–water partition coefficient (Wildman–Crippen LogP) is 4.05. The van der Waals surface area contributed by atoms with E-state index in [1.807, 2.05) is 13.8 Å². The highest BCUT2D eigenvalue weighted by Crippen LogP contribution is 2.31. The zero-order valence-electron chi connectivity index (χ0n) is 14.2. The maximum atomic E-state index is 12.5. The van der Waals surface area contributed by atoms with Crippen molar-refractivity contribution in [2.24, 2.45) is 0 Å². The number of ether oxygens (including phenoxy) is 1. The van der Waals surface area contributed by atoms with Crippen molar-refractivity contribution in [3.8, 4) is 5.75 Å². The van der Waals surface area contributed by atoms with E-state index in [-0.39, 0.29) is 12.4 Å². The van der Waals surface area contributed by atoms with Gasteiger partial charge >= 0.3 is 6.36 Å². The molecule has 25 heavy (non-hydrogen) atoms. The van der Waals surface area contributed by atoms with Gasteiger partial charge < -0.3 is 20.5 Å². The maximum Gasteiger partial charge on any atom is 0.573 e. The molecule has 0 amide bonds. The first-order valence-corrected chi connectivity index (χ1v) is 7.60. The van der Waals surface area contributed by atoms with Gasteiger partial charge in [0.15, 0.2) is 11.6 Å². The lowest BCUT2D eigenvalue weighted by molar-refractivity contribution is -0.274. The first kappa shape index (κ1) is 20.6. The highest BCUT2D eigenvalue weighted by molar-refractivity contribution is 5.68. The first-order chi connectivity index (χ1) is 11.6.